The van der Waals surface area contributed by atoms with Crippen LogP contribution in [0.5, 0.6) is 0 Å². The topological polar surface area (TPSA) is 37.3 Å². The standard InChI is InChI=1S/C10H7ClO2S/c1-5-6-4-9(10(12)13)14-8(6)3-2-7(5)11/h2-4H,1H3,(H,12,13). The Morgan fingerprint density at radius 1 is 1.50 bits per heavy atom. The molecule has 2 nitrogen and oxygen atoms in total. The molecule has 0 saturated carbocycles. The molecule has 0 aliphatic rings. The molecule has 0 fully saturated rings. The molecule has 2 aromatic rings. The van der Waals surface area contributed by atoms with Crippen molar-refractivity contribution in [2.45, 2.75) is 6.92 Å². The van der Waals surface area contributed by atoms with E-state index in [-0.39, 0.29) is 0 Å². The Hall–Kier alpha value is -1.06. The zero-order valence-electron chi connectivity index (χ0n) is 7.37. The quantitative estimate of drug-likeness (QED) is 0.807. The molecule has 0 atom stereocenters. The molecule has 0 radical (unpaired) electrons. The lowest BCUT2D eigenvalue weighted by Crippen LogP contribution is -1.89. The van der Waals surface area contributed by atoms with Gasteiger partial charge in [0.05, 0.1) is 0 Å². The minimum Gasteiger partial charge on any atom is -0.477 e. The minimum absolute atomic E-state index is 0.352. The molecule has 1 aromatic heterocycles. The van der Waals surface area contributed by atoms with Gasteiger partial charge in [0.1, 0.15) is 4.88 Å². The summed E-state index contributed by atoms with van der Waals surface area (Å²) in [5, 5.41) is 10.4. The predicted octanol–water partition coefficient (Wildman–Crippen LogP) is 3.56. The van der Waals surface area contributed by atoms with E-state index in [0.717, 1.165) is 15.6 Å². The summed E-state index contributed by atoms with van der Waals surface area (Å²) in [6, 6.07) is 5.31. The third-order valence-corrected chi connectivity index (χ3v) is 3.61. The van der Waals surface area contributed by atoms with Crippen LogP contribution in [0.4, 0.5) is 0 Å². The first kappa shape index (κ1) is 9.49. The van der Waals surface area contributed by atoms with Crippen molar-refractivity contribution in [2.24, 2.45) is 0 Å². The second kappa shape index (κ2) is 3.26. The molecule has 0 amide bonds. The normalized spacial score (nSPS) is 10.7. The van der Waals surface area contributed by atoms with Crippen LogP contribution in [-0.2, 0) is 0 Å². The maximum absolute atomic E-state index is 10.7. The van der Waals surface area contributed by atoms with E-state index in [1.807, 2.05) is 13.0 Å². The molecule has 72 valence electrons. The number of hydrogen-bond donors (Lipinski definition) is 1. The number of aryl methyl sites for hydroxylation is 1. The Labute approximate surface area is 89.7 Å². The van der Waals surface area contributed by atoms with Crippen molar-refractivity contribution >= 4 is 39.0 Å². The highest BCUT2D eigenvalue weighted by Gasteiger charge is 2.10. The highest BCUT2D eigenvalue weighted by atomic mass is 35.5. The summed E-state index contributed by atoms with van der Waals surface area (Å²) in [4.78, 5) is 11.1. The van der Waals surface area contributed by atoms with E-state index >= 15 is 0 Å². The highest BCUT2D eigenvalue weighted by molar-refractivity contribution is 7.20. The van der Waals surface area contributed by atoms with Gasteiger partial charge in [0.25, 0.3) is 0 Å². The van der Waals surface area contributed by atoms with Gasteiger partial charge in [0.15, 0.2) is 0 Å². The van der Waals surface area contributed by atoms with Crippen molar-refractivity contribution in [3.8, 4) is 0 Å². The van der Waals surface area contributed by atoms with E-state index in [0.29, 0.717) is 9.90 Å². The summed E-state index contributed by atoms with van der Waals surface area (Å²) in [5.74, 6) is -0.887. The molecular formula is C10H7ClO2S. The third kappa shape index (κ3) is 1.38. The average Bonchev–Trinajstić information content (AvgIpc) is 2.56. The van der Waals surface area contributed by atoms with Gasteiger partial charge in [-0.1, -0.05) is 11.6 Å². The van der Waals surface area contributed by atoms with Crippen LogP contribution >= 0.6 is 22.9 Å². The lowest BCUT2D eigenvalue weighted by Gasteiger charge is -1.97. The summed E-state index contributed by atoms with van der Waals surface area (Å²) >= 11 is 7.20. The van der Waals surface area contributed by atoms with Crippen LogP contribution < -0.4 is 0 Å². The van der Waals surface area contributed by atoms with Crippen LogP contribution in [0.3, 0.4) is 0 Å². The number of hydrogen-bond acceptors (Lipinski definition) is 2. The van der Waals surface area contributed by atoms with E-state index in [9.17, 15) is 4.79 Å². The minimum atomic E-state index is -0.887. The molecule has 1 aromatic carbocycles. The molecule has 14 heavy (non-hydrogen) atoms. The zero-order chi connectivity index (χ0) is 10.3. The average molecular weight is 227 g/mol. The second-order valence-electron chi connectivity index (χ2n) is 3.00. The number of carboxylic acids is 1. The monoisotopic (exact) mass is 226 g/mol. The number of rotatable bonds is 1. The van der Waals surface area contributed by atoms with Gasteiger partial charge in [-0.2, -0.15) is 0 Å². The van der Waals surface area contributed by atoms with E-state index in [1.165, 1.54) is 11.3 Å². The van der Waals surface area contributed by atoms with Gasteiger partial charge >= 0.3 is 5.97 Å². The number of halogens is 1. The van der Waals surface area contributed by atoms with E-state index in [4.69, 9.17) is 16.7 Å². The molecule has 0 unspecified atom stereocenters. The largest absolute Gasteiger partial charge is 0.477 e. The fourth-order valence-electron chi connectivity index (χ4n) is 1.33. The zero-order valence-corrected chi connectivity index (χ0v) is 8.95. The molecule has 1 heterocycles. The molecule has 4 heteroatoms. The van der Waals surface area contributed by atoms with Crippen molar-refractivity contribution in [3.63, 3.8) is 0 Å². The van der Waals surface area contributed by atoms with Crippen molar-refractivity contribution in [1.29, 1.82) is 0 Å². The summed E-state index contributed by atoms with van der Waals surface area (Å²) < 4.78 is 0.962. The first-order valence-electron chi connectivity index (χ1n) is 4.01. The van der Waals surface area contributed by atoms with Crippen LogP contribution in [0.15, 0.2) is 18.2 Å². The predicted molar refractivity (Wildman–Crippen MR) is 58.5 cm³/mol. The smallest absolute Gasteiger partial charge is 0.345 e. The summed E-state index contributed by atoms with van der Waals surface area (Å²) in [7, 11) is 0. The van der Waals surface area contributed by atoms with Crippen molar-refractivity contribution < 1.29 is 9.90 Å². The number of fused-ring (bicyclic) bond motifs is 1. The van der Waals surface area contributed by atoms with Crippen molar-refractivity contribution in [1.82, 2.24) is 0 Å². The van der Waals surface area contributed by atoms with Crippen LogP contribution in [0.25, 0.3) is 10.1 Å². The molecule has 1 N–H and O–H groups in total. The van der Waals surface area contributed by atoms with Crippen LogP contribution in [0, 0.1) is 6.92 Å². The maximum Gasteiger partial charge on any atom is 0.345 e. The lowest BCUT2D eigenvalue weighted by atomic mass is 10.1. The van der Waals surface area contributed by atoms with E-state index in [1.54, 1.807) is 12.1 Å². The van der Waals surface area contributed by atoms with Crippen molar-refractivity contribution in [2.75, 3.05) is 0 Å². The molecule has 0 aliphatic carbocycles. The number of carbonyl (C=O) groups is 1. The summed E-state index contributed by atoms with van der Waals surface area (Å²) in [5.41, 5.74) is 0.938. The molecule has 0 saturated heterocycles. The molecule has 2 rings (SSSR count). The Morgan fingerprint density at radius 3 is 2.86 bits per heavy atom. The second-order valence-corrected chi connectivity index (χ2v) is 4.49. The Kier molecular flexibility index (Phi) is 2.21. The van der Waals surface area contributed by atoms with Crippen LogP contribution in [0.2, 0.25) is 5.02 Å². The number of carboxylic acid groups (broad SMARTS) is 1. The van der Waals surface area contributed by atoms with Crippen LogP contribution in [0.1, 0.15) is 15.2 Å². The Morgan fingerprint density at radius 2 is 2.21 bits per heavy atom. The molecular weight excluding hydrogens is 220 g/mol. The van der Waals surface area contributed by atoms with Crippen LogP contribution in [-0.4, -0.2) is 11.1 Å². The first-order chi connectivity index (χ1) is 6.59. The number of thiophene rings is 1. The molecule has 0 spiro atoms. The Balaban J connectivity index is 2.77. The highest BCUT2D eigenvalue weighted by Crippen LogP contribution is 2.31. The fourth-order valence-corrected chi connectivity index (χ4v) is 2.45. The number of aromatic carboxylic acids is 1. The van der Waals surface area contributed by atoms with Gasteiger partial charge < -0.3 is 5.11 Å². The van der Waals surface area contributed by atoms with Gasteiger partial charge in [0.2, 0.25) is 0 Å². The first-order valence-corrected chi connectivity index (χ1v) is 5.21. The maximum atomic E-state index is 10.7. The van der Waals surface area contributed by atoms with E-state index < -0.39 is 5.97 Å². The number of benzene rings is 1. The fraction of sp³-hybridized carbons (Fsp3) is 0.100. The Bertz CT molecular complexity index is 516. The van der Waals surface area contributed by atoms with Gasteiger partial charge in [0, 0.05) is 9.72 Å². The molecule has 0 aliphatic heterocycles. The van der Waals surface area contributed by atoms with Gasteiger partial charge in [-0.15, -0.1) is 11.3 Å². The van der Waals surface area contributed by atoms with Crippen molar-refractivity contribution in [3.05, 3.63) is 33.7 Å². The van der Waals surface area contributed by atoms with Gasteiger partial charge in [-0.05, 0) is 36.1 Å². The van der Waals surface area contributed by atoms with Gasteiger partial charge in [-0.25, -0.2) is 4.79 Å². The lowest BCUT2D eigenvalue weighted by molar-refractivity contribution is 0.0702. The SMILES string of the molecule is Cc1c(Cl)ccc2sc(C(=O)O)cc12. The van der Waals surface area contributed by atoms with Gasteiger partial charge in [-0.3, -0.25) is 0 Å². The van der Waals surface area contributed by atoms with E-state index in [2.05, 4.69) is 0 Å². The third-order valence-electron chi connectivity index (χ3n) is 2.11. The summed E-state index contributed by atoms with van der Waals surface area (Å²) in [6.07, 6.45) is 0. The molecule has 0 bridgehead atoms. The summed E-state index contributed by atoms with van der Waals surface area (Å²) in [6.45, 7) is 1.89.